The van der Waals surface area contributed by atoms with Gasteiger partial charge in [0.25, 0.3) is 0 Å². The van der Waals surface area contributed by atoms with Gasteiger partial charge >= 0.3 is 5.97 Å². The molecule has 0 aliphatic rings. The molecule has 0 saturated heterocycles. The fourth-order valence-electron chi connectivity index (χ4n) is 1.30. The molecule has 1 N–H and O–H groups in total. The van der Waals surface area contributed by atoms with Gasteiger partial charge in [-0.3, -0.25) is 4.98 Å². The summed E-state index contributed by atoms with van der Waals surface area (Å²) in [4.78, 5) is 15.4. The number of aryl methyl sites for hydroxylation is 1. The Hall–Kier alpha value is -1.58. The number of carbonyl (C=O) groups is 1. The van der Waals surface area contributed by atoms with Crippen molar-refractivity contribution in [3.05, 3.63) is 24.0 Å². The lowest BCUT2D eigenvalue weighted by atomic mass is 10.2. The van der Waals surface area contributed by atoms with E-state index in [-0.39, 0.29) is 12.0 Å². The second-order valence-electron chi connectivity index (χ2n) is 3.38. The molecule has 1 heterocycles. The summed E-state index contributed by atoms with van der Waals surface area (Å²) in [6.45, 7) is 3.88. The van der Waals surface area contributed by atoms with Crippen molar-refractivity contribution >= 4 is 11.7 Å². The van der Waals surface area contributed by atoms with Gasteiger partial charge in [-0.1, -0.05) is 6.92 Å². The van der Waals surface area contributed by atoms with Crippen molar-refractivity contribution in [3.8, 4) is 0 Å². The van der Waals surface area contributed by atoms with Gasteiger partial charge in [-0.2, -0.15) is 0 Å². The van der Waals surface area contributed by atoms with Crippen molar-refractivity contribution in [1.29, 1.82) is 0 Å². The number of rotatable bonds is 4. The van der Waals surface area contributed by atoms with Gasteiger partial charge in [0.05, 0.1) is 12.8 Å². The summed E-state index contributed by atoms with van der Waals surface area (Å²) in [6, 6.07) is 1.64. The van der Waals surface area contributed by atoms with Gasteiger partial charge in [-0.25, -0.2) is 4.79 Å². The minimum absolute atomic E-state index is 0.251. The molecule has 0 radical (unpaired) electrons. The molecular formula is C11H16N2O2. The molecular weight excluding hydrogens is 192 g/mol. The van der Waals surface area contributed by atoms with E-state index in [2.05, 4.69) is 15.0 Å². The minimum Gasteiger partial charge on any atom is -0.467 e. The summed E-state index contributed by atoms with van der Waals surface area (Å²) in [5.74, 6) is -0.251. The van der Waals surface area contributed by atoms with Crippen molar-refractivity contribution < 1.29 is 9.53 Å². The van der Waals surface area contributed by atoms with Crippen LogP contribution in [-0.4, -0.2) is 24.1 Å². The molecule has 1 aromatic heterocycles. The molecule has 0 aliphatic carbocycles. The second-order valence-corrected chi connectivity index (χ2v) is 3.38. The highest BCUT2D eigenvalue weighted by Gasteiger charge is 2.16. The summed E-state index contributed by atoms with van der Waals surface area (Å²) in [7, 11) is 1.39. The molecule has 4 nitrogen and oxygen atoms in total. The van der Waals surface area contributed by atoms with E-state index in [1.807, 2.05) is 19.9 Å². The molecule has 0 fully saturated rings. The van der Waals surface area contributed by atoms with Gasteiger partial charge < -0.3 is 10.1 Å². The van der Waals surface area contributed by atoms with Crippen LogP contribution in [0.5, 0.6) is 0 Å². The van der Waals surface area contributed by atoms with Crippen molar-refractivity contribution in [2.75, 3.05) is 12.4 Å². The largest absolute Gasteiger partial charge is 0.467 e. The monoisotopic (exact) mass is 208 g/mol. The third-order valence-corrected chi connectivity index (χ3v) is 2.11. The molecule has 0 saturated carbocycles. The number of aromatic nitrogens is 1. The van der Waals surface area contributed by atoms with Gasteiger partial charge in [0.15, 0.2) is 0 Å². The van der Waals surface area contributed by atoms with E-state index in [9.17, 15) is 4.79 Å². The normalized spacial score (nSPS) is 11.9. The zero-order chi connectivity index (χ0) is 11.3. The Morgan fingerprint density at radius 1 is 1.60 bits per heavy atom. The summed E-state index contributed by atoms with van der Waals surface area (Å²) in [5.41, 5.74) is 1.90. The van der Waals surface area contributed by atoms with Crippen LogP contribution in [0.15, 0.2) is 18.5 Å². The molecule has 0 spiro atoms. The topological polar surface area (TPSA) is 51.2 Å². The second kappa shape index (κ2) is 5.34. The minimum atomic E-state index is -0.307. The molecule has 15 heavy (non-hydrogen) atoms. The van der Waals surface area contributed by atoms with Crippen LogP contribution in [0.25, 0.3) is 0 Å². The summed E-state index contributed by atoms with van der Waals surface area (Å²) in [5, 5.41) is 3.08. The fraction of sp³-hybridized carbons (Fsp3) is 0.455. The van der Waals surface area contributed by atoms with Crippen LogP contribution in [0.3, 0.4) is 0 Å². The number of esters is 1. The highest BCUT2D eigenvalue weighted by atomic mass is 16.5. The molecule has 1 unspecified atom stereocenters. The maximum absolute atomic E-state index is 11.3. The standard InChI is InChI=1S/C11H16N2O2/c1-4-10(11(14)15-3)13-9-5-8(2)6-12-7-9/h5-7,10,13H,4H2,1-3H3. The molecule has 4 heteroatoms. The first-order valence-electron chi connectivity index (χ1n) is 4.93. The predicted molar refractivity (Wildman–Crippen MR) is 58.7 cm³/mol. The van der Waals surface area contributed by atoms with E-state index in [0.717, 1.165) is 11.3 Å². The number of pyridine rings is 1. The Morgan fingerprint density at radius 2 is 2.33 bits per heavy atom. The number of hydrogen-bond acceptors (Lipinski definition) is 4. The average Bonchev–Trinajstić information content (AvgIpc) is 2.25. The van der Waals surface area contributed by atoms with E-state index < -0.39 is 0 Å². The van der Waals surface area contributed by atoms with Gasteiger partial charge in [-0.05, 0) is 25.0 Å². The Morgan fingerprint density at radius 3 is 2.87 bits per heavy atom. The summed E-state index contributed by atoms with van der Waals surface area (Å²) < 4.78 is 4.68. The van der Waals surface area contributed by atoms with Crippen molar-refractivity contribution in [2.45, 2.75) is 26.3 Å². The number of nitrogens with one attached hydrogen (secondary N) is 1. The number of carbonyl (C=O) groups excluding carboxylic acids is 1. The Kier molecular flexibility index (Phi) is 4.09. The van der Waals surface area contributed by atoms with Crippen molar-refractivity contribution in [1.82, 2.24) is 4.98 Å². The molecule has 0 aromatic carbocycles. The van der Waals surface area contributed by atoms with Crippen LogP contribution >= 0.6 is 0 Å². The van der Waals surface area contributed by atoms with E-state index in [4.69, 9.17) is 0 Å². The Bertz CT molecular complexity index is 339. The Labute approximate surface area is 89.7 Å². The fourth-order valence-corrected chi connectivity index (χ4v) is 1.30. The van der Waals surface area contributed by atoms with E-state index in [1.54, 1.807) is 12.4 Å². The third kappa shape index (κ3) is 3.23. The number of anilines is 1. The SMILES string of the molecule is CCC(Nc1cncc(C)c1)C(=O)OC. The van der Waals surface area contributed by atoms with Gasteiger partial charge in [0.1, 0.15) is 6.04 Å². The average molecular weight is 208 g/mol. The first kappa shape index (κ1) is 11.5. The van der Waals surface area contributed by atoms with Gasteiger partial charge in [0.2, 0.25) is 0 Å². The quantitative estimate of drug-likeness (QED) is 0.766. The smallest absolute Gasteiger partial charge is 0.328 e. The predicted octanol–water partition coefficient (Wildman–Crippen LogP) is 1.75. The number of nitrogens with zero attached hydrogens (tertiary/aromatic N) is 1. The van der Waals surface area contributed by atoms with Crippen LogP contribution in [0.4, 0.5) is 5.69 Å². The maximum atomic E-state index is 11.3. The van der Waals surface area contributed by atoms with Gasteiger partial charge in [-0.15, -0.1) is 0 Å². The molecule has 0 amide bonds. The highest BCUT2D eigenvalue weighted by molar-refractivity contribution is 5.79. The maximum Gasteiger partial charge on any atom is 0.328 e. The van der Waals surface area contributed by atoms with E-state index in [0.29, 0.717) is 6.42 Å². The highest BCUT2D eigenvalue weighted by Crippen LogP contribution is 2.10. The lowest BCUT2D eigenvalue weighted by molar-refractivity contribution is -0.141. The zero-order valence-corrected chi connectivity index (χ0v) is 9.28. The van der Waals surface area contributed by atoms with Crippen LogP contribution in [0, 0.1) is 6.92 Å². The summed E-state index contributed by atoms with van der Waals surface area (Å²) in [6.07, 6.45) is 4.14. The number of hydrogen-bond donors (Lipinski definition) is 1. The van der Waals surface area contributed by atoms with Crippen molar-refractivity contribution in [3.63, 3.8) is 0 Å². The molecule has 0 aliphatic heterocycles. The zero-order valence-electron chi connectivity index (χ0n) is 9.28. The molecule has 1 atom stereocenters. The molecule has 1 aromatic rings. The van der Waals surface area contributed by atoms with E-state index in [1.165, 1.54) is 7.11 Å². The lowest BCUT2D eigenvalue weighted by Gasteiger charge is -2.15. The number of methoxy groups -OCH3 is 1. The number of ether oxygens (including phenoxy) is 1. The van der Waals surface area contributed by atoms with Crippen LogP contribution < -0.4 is 5.32 Å². The molecule has 82 valence electrons. The van der Waals surface area contributed by atoms with Gasteiger partial charge in [0, 0.05) is 12.4 Å². The first-order chi connectivity index (χ1) is 7.17. The van der Waals surface area contributed by atoms with Crippen LogP contribution in [0.2, 0.25) is 0 Å². The van der Waals surface area contributed by atoms with Crippen LogP contribution in [-0.2, 0) is 9.53 Å². The van der Waals surface area contributed by atoms with E-state index >= 15 is 0 Å². The van der Waals surface area contributed by atoms with Crippen LogP contribution in [0.1, 0.15) is 18.9 Å². The first-order valence-corrected chi connectivity index (χ1v) is 4.93. The Balaban J connectivity index is 2.70. The molecule has 0 bridgehead atoms. The molecule has 1 rings (SSSR count). The third-order valence-electron chi connectivity index (χ3n) is 2.11. The van der Waals surface area contributed by atoms with Crippen molar-refractivity contribution in [2.24, 2.45) is 0 Å². The lowest BCUT2D eigenvalue weighted by Crippen LogP contribution is -2.29. The summed E-state index contributed by atoms with van der Waals surface area (Å²) >= 11 is 0.